The molecule has 1 fully saturated rings. The van der Waals surface area contributed by atoms with Crippen molar-refractivity contribution in [2.75, 3.05) is 0 Å². The molecular weight excluding hydrogens is 218 g/mol. The Morgan fingerprint density at radius 2 is 2.00 bits per heavy atom. The lowest BCUT2D eigenvalue weighted by atomic mass is 10.1. The number of para-hydroxylation sites is 2. The zero-order valence-electron chi connectivity index (χ0n) is 9.40. The summed E-state index contributed by atoms with van der Waals surface area (Å²) in [6.07, 6.45) is 5.22. The quantitative estimate of drug-likeness (QED) is 0.775. The van der Waals surface area contributed by atoms with Gasteiger partial charge in [-0.1, -0.05) is 36.7 Å². The molecule has 0 amide bonds. The lowest BCUT2D eigenvalue weighted by molar-refractivity contribution is 0.483. The summed E-state index contributed by atoms with van der Waals surface area (Å²) in [6.45, 7) is 2.32. The molecule has 1 aliphatic rings. The highest BCUT2D eigenvalue weighted by molar-refractivity contribution is 8.00. The summed E-state index contributed by atoms with van der Waals surface area (Å²) in [7, 11) is 0. The maximum Gasteiger partial charge on any atom is 0.257 e. The van der Waals surface area contributed by atoms with Crippen molar-refractivity contribution in [1.29, 1.82) is 0 Å². The number of nitrogens with zero attached hydrogens (tertiary/aromatic N) is 1. The summed E-state index contributed by atoms with van der Waals surface area (Å²) in [5.74, 6) is 0. The maximum atomic E-state index is 5.75. The highest BCUT2D eigenvalue weighted by Crippen LogP contribution is 2.44. The third kappa shape index (κ3) is 1.84. The first-order valence-electron chi connectivity index (χ1n) is 5.80. The second-order valence-corrected chi connectivity index (χ2v) is 6.25. The van der Waals surface area contributed by atoms with Gasteiger partial charge in [0.15, 0.2) is 5.58 Å². The normalized spacial score (nSPS) is 19.3. The number of oxazole rings is 1. The summed E-state index contributed by atoms with van der Waals surface area (Å²) < 4.78 is 6.08. The van der Waals surface area contributed by atoms with Crippen LogP contribution in [0.15, 0.2) is 33.9 Å². The Morgan fingerprint density at radius 1 is 1.25 bits per heavy atom. The molecule has 3 rings (SSSR count). The van der Waals surface area contributed by atoms with Crippen molar-refractivity contribution in [1.82, 2.24) is 4.98 Å². The van der Waals surface area contributed by atoms with E-state index >= 15 is 0 Å². The predicted octanol–water partition coefficient (Wildman–Crippen LogP) is 4.25. The van der Waals surface area contributed by atoms with Crippen LogP contribution in [-0.2, 0) is 0 Å². The molecule has 2 aromatic rings. The van der Waals surface area contributed by atoms with Crippen molar-refractivity contribution < 1.29 is 4.42 Å². The zero-order chi connectivity index (χ0) is 11.0. The molecule has 0 atom stereocenters. The smallest absolute Gasteiger partial charge is 0.257 e. The number of aromatic nitrogens is 1. The summed E-state index contributed by atoms with van der Waals surface area (Å²) in [6, 6.07) is 7.96. The van der Waals surface area contributed by atoms with Gasteiger partial charge < -0.3 is 4.42 Å². The van der Waals surface area contributed by atoms with Crippen LogP contribution >= 0.6 is 11.8 Å². The number of rotatable bonds is 2. The zero-order valence-corrected chi connectivity index (χ0v) is 10.2. The Hall–Kier alpha value is -0.960. The minimum atomic E-state index is 0.334. The fraction of sp³-hybridized carbons (Fsp3) is 0.462. The largest absolute Gasteiger partial charge is 0.431 e. The first kappa shape index (κ1) is 10.2. The molecule has 1 aliphatic carbocycles. The highest BCUT2D eigenvalue weighted by atomic mass is 32.2. The molecule has 84 valence electrons. The van der Waals surface area contributed by atoms with Crippen LogP contribution in [0.2, 0.25) is 0 Å². The van der Waals surface area contributed by atoms with Crippen molar-refractivity contribution in [2.24, 2.45) is 0 Å². The van der Waals surface area contributed by atoms with E-state index in [2.05, 4.69) is 11.9 Å². The van der Waals surface area contributed by atoms with Gasteiger partial charge in [-0.05, 0) is 31.9 Å². The Kier molecular flexibility index (Phi) is 2.43. The van der Waals surface area contributed by atoms with E-state index in [9.17, 15) is 0 Å². The molecule has 0 spiro atoms. The summed E-state index contributed by atoms with van der Waals surface area (Å²) in [5, 5.41) is 0.825. The van der Waals surface area contributed by atoms with Gasteiger partial charge in [-0.3, -0.25) is 0 Å². The number of hydrogen-bond donors (Lipinski definition) is 0. The topological polar surface area (TPSA) is 26.0 Å². The molecule has 1 saturated carbocycles. The van der Waals surface area contributed by atoms with Crippen LogP contribution in [0, 0.1) is 0 Å². The fourth-order valence-corrected chi connectivity index (χ4v) is 3.52. The van der Waals surface area contributed by atoms with Gasteiger partial charge in [-0.25, -0.2) is 4.98 Å². The van der Waals surface area contributed by atoms with Gasteiger partial charge in [0.2, 0.25) is 0 Å². The Morgan fingerprint density at radius 3 is 2.75 bits per heavy atom. The van der Waals surface area contributed by atoms with Crippen LogP contribution in [0.3, 0.4) is 0 Å². The number of thioether (sulfide) groups is 1. The third-order valence-corrected chi connectivity index (χ3v) is 4.52. The lowest BCUT2D eigenvalue weighted by Gasteiger charge is -2.19. The van der Waals surface area contributed by atoms with Crippen molar-refractivity contribution in [3.8, 4) is 0 Å². The van der Waals surface area contributed by atoms with E-state index in [1.807, 2.05) is 24.3 Å². The van der Waals surface area contributed by atoms with E-state index in [1.165, 1.54) is 25.7 Å². The molecule has 3 heteroatoms. The summed E-state index contributed by atoms with van der Waals surface area (Å²) >= 11 is 1.80. The van der Waals surface area contributed by atoms with Gasteiger partial charge >= 0.3 is 0 Å². The second kappa shape index (κ2) is 3.81. The van der Waals surface area contributed by atoms with E-state index in [1.54, 1.807) is 11.8 Å². The molecule has 0 unspecified atom stereocenters. The SMILES string of the molecule is CC1(Sc2nc3ccccc3o2)CCCC1. The first-order chi connectivity index (χ1) is 7.75. The molecule has 1 aromatic carbocycles. The van der Waals surface area contributed by atoms with E-state index in [-0.39, 0.29) is 0 Å². The fourth-order valence-electron chi connectivity index (χ4n) is 2.33. The van der Waals surface area contributed by atoms with E-state index in [0.717, 1.165) is 16.3 Å². The molecule has 16 heavy (non-hydrogen) atoms. The number of benzene rings is 1. The molecule has 2 nitrogen and oxygen atoms in total. The second-order valence-electron chi connectivity index (χ2n) is 4.71. The van der Waals surface area contributed by atoms with Crippen LogP contribution in [0.1, 0.15) is 32.6 Å². The molecule has 0 saturated heterocycles. The van der Waals surface area contributed by atoms with E-state index in [4.69, 9.17) is 4.42 Å². The number of hydrogen-bond acceptors (Lipinski definition) is 3. The maximum absolute atomic E-state index is 5.75. The number of fused-ring (bicyclic) bond motifs is 1. The predicted molar refractivity (Wildman–Crippen MR) is 66.7 cm³/mol. The van der Waals surface area contributed by atoms with Crippen LogP contribution in [-0.4, -0.2) is 9.73 Å². The third-order valence-electron chi connectivity index (χ3n) is 3.27. The molecule has 0 bridgehead atoms. The van der Waals surface area contributed by atoms with Crippen LogP contribution in [0.4, 0.5) is 0 Å². The van der Waals surface area contributed by atoms with Crippen LogP contribution in [0.25, 0.3) is 11.1 Å². The van der Waals surface area contributed by atoms with E-state index < -0.39 is 0 Å². The summed E-state index contributed by atoms with van der Waals surface area (Å²) in [5.41, 5.74) is 1.86. The van der Waals surface area contributed by atoms with Crippen molar-refractivity contribution in [3.05, 3.63) is 24.3 Å². The van der Waals surface area contributed by atoms with Gasteiger partial charge in [0.25, 0.3) is 5.22 Å². The summed E-state index contributed by atoms with van der Waals surface area (Å²) in [4.78, 5) is 4.52. The van der Waals surface area contributed by atoms with Crippen molar-refractivity contribution in [2.45, 2.75) is 42.6 Å². The molecule has 1 aromatic heterocycles. The van der Waals surface area contributed by atoms with Crippen LogP contribution in [0.5, 0.6) is 0 Å². The lowest BCUT2D eigenvalue weighted by Crippen LogP contribution is -2.13. The van der Waals surface area contributed by atoms with Gasteiger partial charge in [-0.2, -0.15) is 0 Å². The van der Waals surface area contributed by atoms with Gasteiger partial charge in [0, 0.05) is 4.75 Å². The molecule has 0 radical (unpaired) electrons. The standard InChI is InChI=1S/C13H15NOS/c1-13(8-4-5-9-13)16-12-14-10-6-2-3-7-11(10)15-12/h2-3,6-7H,4-5,8-9H2,1H3. The monoisotopic (exact) mass is 233 g/mol. The molecule has 0 aliphatic heterocycles. The molecule has 0 N–H and O–H groups in total. The van der Waals surface area contributed by atoms with Gasteiger partial charge in [-0.15, -0.1) is 0 Å². The average Bonchev–Trinajstić information content (AvgIpc) is 2.84. The molecule has 1 heterocycles. The first-order valence-corrected chi connectivity index (χ1v) is 6.61. The minimum Gasteiger partial charge on any atom is -0.431 e. The van der Waals surface area contributed by atoms with Crippen molar-refractivity contribution in [3.63, 3.8) is 0 Å². The van der Waals surface area contributed by atoms with E-state index in [0.29, 0.717) is 4.75 Å². The van der Waals surface area contributed by atoms with Crippen LogP contribution < -0.4 is 0 Å². The Labute approximate surface area is 99.4 Å². The average molecular weight is 233 g/mol. The molecular formula is C13H15NOS. The van der Waals surface area contributed by atoms with Crippen molar-refractivity contribution >= 4 is 22.9 Å². The highest BCUT2D eigenvalue weighted by Gasteiger charge is 2.31. The van der Waals surface area contributed by atoms with Gasteiger partial charge in [0.1, 0.15) is 5.52 Å². The van der Waals surface area contributed by atoms with Gasteiger partial charge in [0.05, 0.1) is 0 Å². The minimum absolute atomic E-state index is 0.334. The Bertz CT molecular complexity index is 466. The Balaban J connectivity index is 1.89.